The van der Waals surface area contributed by atoms with Gasteiger partial charge in [-0.2, -0.15) is 4.31 Å². The highest BCUT2D eigenvalue weighted by Gasteiger charge is 2.38. The van der Waals surface area contributed by atoms with E-state index in [9.17, 15) is 33.6 Å². The Morgan fingerprint density at radius 3 is 2.47 bits per heavy atom. The normalized spacial score (nSPS) is 21.9. The Morgan fingerprint density at radius 1 is 1.18 bits per heavy atom. The third kappa shape index (κ3) is 5.94. The van der Waals surface area contributed by atoms with Gasteiger partial charge in [0.1, 0.15) is 6.04 Å². The van der Waals surface area contributed by atoms with Gasteiger partial charge in [-0.3, -0.25) is 14.4 Å². The predicted molar refractivity (Wildman–Crippen MR) is 139 cm³/mol. The quantitative estimate of drug-likeness (QED) is 0.427. The lowest BCUT2D eigenvalue weighted by Crippen LogP contribution is -2.50. The smallest absolute Gasteiger partial charge is 0.328 e. The first-order valence-corrected chi connectivity index (χ1v) is 14.0. The molecule has 3 aliphatic rings. The topological polar surface area (TPSA) is 148 Å². The maximum atomic E-state index is 13.1. The molecule has 0 aromatic heterocycles. The third-order valence-corrected chi connectivity index (χ3v) is 8.36. The first kappa shape index (κ1) is 28.2. The molecule has 1 aliphatic carbocycles. The number of carboxylic acid groups (broad SMARTS) is 1. The van der Waals surface area contributed by atoms with Crippen molar-refractivity contribution in [3.05, 3.63) is 56.6 Å². The molecule has 2 heterocycles. The van der Waals surface area contributed by atoms with E-state index in [0.29, 0.717) is 29.1 Å². The lowest BCUT2D eigenvalue weighted by Gasteiger charge is -2.35. The number of allylic oxidation sites excluding steroid dienone is 1. The lowest BCUT2D eigenvalue weighted by molar-refractivity contribution is -0.142. The van der Waals surface area contributed by atoms with Crippen LogP contribution in [0.3, 0.4) is 0 Å². The minimum atomic E-state index is -1.48. The number of rotatable bonds is 7. The van der Waals surface area contributed by atoms with Crippen molar-refractivity contribution >= 4 is 57.9 Å². The fourth-order valence-electron chi connectivity index (χ4n) is 4.67. The van der Waals surface area contributed by atoms with Gasteiger partial charge in [0.15, 0.2) is 0 Å². The number of hydrogen-bond donors (Lipinski definition) is 3. The summed E-state index contributed by atoms with van der Waals surface area (Å²) in [4.78, 5) is 52.9. The Bertz CT molecular complexity index is 1270. The zero-order valence-corrected chi connectivity index (χ0v) is 22.7. The summed E-state index contributed by atoms with van der Waals surface area (Å²) in [6, 6.07) is 5.04. The molecular weight excluding hydrogens is 559 g/mol. The molecule has 3 amide bonds. The molecule has 2 aliphatic heterocycles. The standard InChI is InChI=1S/C24H26Cl2N4O7S/c1-38(37)30-11-19(32)29(12-30)10-17(24(35)36)27-22(33)20-18(31)8-14-9-28(7-6-16(14)21(20)26)23(34)13-2-4-15(25)5-3-13/h2-5,17-18,31H,6-12H2,1H3,(H,27,33)(H,35,36)/t17-,18?,38?/m0/s1. The van der Waals surface area contributed by atoms with E-state index in [2.05, 4.69) is 5.32 Å². The van der Waals surface area contributed by atoms with Gasteiger partial charge in [0.25, 0.3) is 11.8 Å². The molecule has 0 radical (unpaired) electrons. The molecule has 2 unspecified atom stereocenters. The van der Waals surface area contributed by atoms with Crippen LogP contribution < -0.4 is 5.32 Å². The zero-order valence-electron chi connectivity index (χ0n) is 20.4. The molecule has 38 heavy (non-hydrogen) atoms. The van der Waals surface area contributed by atoms with Crippen LogP contribution >= 0.6 is 23.2 Å². The van der Waals surface area contributed by atoms with Gasteiger partial charge in [0, 0.05) is 36.4 Å². The van der Waals surface area contributed by atoms with E-state index in [1.807, 2.05) is 0 Å². The van der Waals surface area contributed by atoms with Crippen LogP contribution in [0.4, 0.5) is 0 Å². The van der Waals surface area contributed by atoms with Crippen molar-refractivity contribution in [1.82, 2.24) is 19.4 Å². The minimum absolute atomic E-state index is 0.0313. The first-order chi connectivity index (χ1) is 18.0. The zero-order chi connectivity index (χ0) is 27.7. The maximum Gasteiger partial charge on any atom is 0.328 e. The molecule has 3 atom stereocenters. The number of amides is 3. The largest absolute Gasteiger partial charge is 0.480 e. The Kier molecular flexibility index (Phi) is 8.58. The molecule has 1 aromatic rings. The number of benzene rings is 1. The van der Waals surface area contributed by atoms with Crippen molar-refractivity contribution < 1.29 is 33.6 Å². The monoisotopic (exact) mass is 584 g/mol. The molecule has 11 nitrogen and oxygen atoms in total. The fourth-order valence-corrected chi connectivity index (χ4v) is 5.83. The Labute approximate surface area is 231 Å². The van der Waals surface area contributed by atoms with Crippen molar-refractivity contribution in [2.24, 2.45) is 0 Å². The third-order valence-electron chi connectivity index (χ3n) is 6.70. The van der Waals surface area contributed by atoms with Crippen LogP contribution in [0.5, 0.6) is 0 Å². The number of carboxylic acids is 1. The molecule has 3 N–H and O–H groups in total. The minimum Gasteiger partial charge on any atom is -0.480 e. The summed E-state index contributed by atoms with van der Waals surface area (Å²) in [5.74, 6) is -2.84. The summed E-state index contributed by atoms with van der Waals surface area (Å²) in [6.07, 6.45) is 0.504. The van der Waals surface area contributed by atoms with Crippen LogP contribution in [0.25, 0.3) is 0 Å². The number of carbonyl (C=O) groups excluding carboxylic acids is 3. The predicted octanol–water partition coefficient (Wildman–Crippen LogP) is 0.705. The van der Waals surface area contributed by atoms with Crippen LogP contribution in [0.2, 0.25) is 5.02 Å². The number of nitrogens with zero attached hydrogens (tertiary/aromatic N) is 3. The molecule has 204 valence electrons. The molecule has 14 heteroatoms. The number of nitrogens with one attached hydrogen (secondary N) is 1. The highest BCUT2D eigenvalue weighted by molar-refractivity contribution is 7.81. The molecule has 0 bridgehead atoms. The molecule has 4 rings (SSSR count). The average Bonchev–Trinajstić information content (AvgIpc) is 3.23. The summed E-state index contributed by atoms with van der Waals surface area (Å²) in [5, 5.41) is 23.4. The van der Waals surface area contributed by atoms with E-state index in [1.165, 1.54) is 15.5 Å². The van der Waals surface area contributed by atoms with Crippen LogP contribution in [0.15, 0.2) is 46.0 Å². The molecular formula is C24H26Cl2N4O7S. The second-order valence-electron chi connectivity index (χ2n) is 9.20. The fraction of sp³-hybridized carbons (Fsp3) is 0.417. The van der Waals surface area contributed by atoms with Gasteiger partial charge < -0.3 is 25.3 Å². The van der Waals surface area contributed by atoms with Crippen LogP contribution in [0.1, 0.15) is 23.2 Å². The van der Waals surface area contributed by atoms with E-state index in [0.717, 1.165) is 5.57 Å². The first-order valence-electron chi connectivity index (χ1n) is 11.7. The number of halogens is 2. The number of carbonyl (C=O) groups is 4. The molecule has 0 saturated carbocycles. The van der Waals surface area contributed by atoms with Crippen LogP contribution in [-0.4, -0.2) is 103 Å². The number of hydrogen-bond acceptors (Lipinski definition) is 6. The Balaban J connectivity index is 1.48. The second kappa shape index (κ2) is 11.5. The summed E-state index contributed by atoms with van der Waals surface area (Å²) >= 11 is 12.5. The van der Waals surface area contributed by atoms with Gasteiger partial charge >= 0.3 is 5.97 Å². The average molecular weight is 585 g/mol. The van der Waals surface area contributed by atoms with Crippen LogP contribution in [0, 0.1) is 0 Å². The summed E-state index contributed by atoms with van der Waals surface area (Å²) in [7, 11) is -1.41. The Morgan fingerprint density at radius 2 is 1.87 bits per heavy atom. The Hall–Kier alpha value is -2.77. The van der Waals surface area contributed by atoms with E-state index >= 15 is 0 Å². The van der Waals surface area contributed by atoms with Crippen molar-refractivity contribution in [3.8, 4) is 0 Å². The summed E-state index contributed by atoms with van der Waals surface area (Å²) in [6.45, 7) is 0.0712. The molecule has 1 saturated heterocycles. The van der Waals surface area contributed by atoms with Gasteiger partial charge in [-0.15, -0.1) is 0 Å². The van der Waals surface area contributed by atoms with Crippen LogP contribution in [-0.2, 0) is 25.4 Å². The number of aliphatic carboxylic acids is 1. The van der Waals surface area contributed by atoms with E-state index in [1.54, 1.807) is 29.2 Å². The van der Waals surface area contributed by atoms with Crippen molar-refractivity contribution in [2.75, 3.05) is 39.1 Å². The number of aliphatic hydroxyl groups excluding tert-OH is 1. The van der Waals surface area contributed by atoms with Gasteiger partial charge in [-0.05, 0) is 41.8 Å². The van der Waals surface area contributed by atoms with E-state index < -0.39 is 40.9 Å². The molecule has 0 spiro atoms. The molecule has 1 aromatic carbocycles. The maximum absolute atomic E-state index is 13.1. The SMILES string of the molecule is CS(=O)N1CC(=O)N(C[C@H](NC(=O)C2=C(Cl)C3=C(CC2O)CN(C(=O)c2ccc(Cl)cc2)CC3)C(=O)O)C1. The van der Waals surface area contributed by atoms with Gasteiger partial charge in [-0.25, -0.2) is 9.00 Å². The van der Waals surface area contributed by atoms with Gasteiger partial charge in [0.05, 0.1) is 47.5 Å². The van der Waals surface area contributed by atoms with E-state index in [4.69, 9.17) is 23.2 Å². The summed E-state index contributed by atoms with van der Waals surface area (Å²) in [5.41, 5.74) is 1.68. The highest BCUT2D eigenvalue weighted by Crippen LogP contribution is 2.38. The number of aliphatic hydroxyl groups is 1. The van der Waals surface area contributed by atoms with Gasteiger partial charge in [0.2, 0.25) is 5.91 Å². The second-order valence-corrected chi connectivity index (χ2v) is 11.4. The van der Waals surface area contributed by atoms with Crippen molar-refractivity contribution in [1.29, 1.82) is 0 Å². The highest BCUT2D eigenvalue weighted by atomic mass is 35.5. The molecule has 1 fully saturated rings. The van der Waals surface area contributed by atoms with Crippen molar-refractivity contribution in [3.63, 3.8) is 0 Å². The van der Waals surface area contributed by atoms with E-state index in [-0.39, 0.29) is 49.2 Å². The van der Waals surface area contributed by atoms with Crippen molar-refractivity contribution in [2.45, 2.75) is 25.0 Å². The van der Waals surface area contributed by atoms with Gasteiger partial charge in [-0.1, -0.05) is 23.2 Å². The summed E-state index contributed by atoms with van der Waals surface area (Å²) < 4.78 is 13.0. The lowest BCUT2D eigenvalue weighted by atomic mass is 9.85.